The van der Waals surface area contributed by atoms with Crippen LogP contribution in [-0.2, 0) is 9.59 Å². The molecule has 1 heterocycles. The number of carbonyl (C=O) groups excluding carboxylic acids is 2. The Balaban J connectivity index is 2.49. The molecule has 1 saturated heterocycles. The molecule has 2 amide bonds. The summed E-state index contributed by atoms with van der Waals surface area (Å²) in [5.41, 5.74) is -0.540. The quantitative estimate of drug-likeness (QED) is 0.707. The molecule has 1 unspecified atom stereocenters. The van der Waals surface area contributed by atoms with E-state index < -0.39 is 5.41 Å². The smallest absolute Gasteiger partial charge is 0.235 e. The van der Waals surface area contributed by atoms with E-state index in [1.54, 1.807) is 20.8 Å². The van der Waals surface area contributed by atoms with Crippen molar-refractivity contribution in [3.63, 3.8) is 0 Å². The third kappa shape index (κ3) is 2.78. The summed E-state index contributed by atoms with van der Waals surface area (Å²) in [6.07, 6.45) is 1.23. The Labute approximate surface area is 90.3 Å². The Hall–Kier alpha value is -0.900. The predicted molar refractivity (Wildman–Crippen MR) is 56.0 cm³/mol. The molecule has 0 aromatic rings. The lowest BCUT2D eigenvalue weighted by molar-refractivity contribution is -0.140. The molecule has 1 aliphatic heterocycles. The van der Waals surface area contributed by atoms with Gasteiger partial charge >= 0.3 is 0 Å². The van der Waals surface area contributed by atoms with Crippen LogP contribution in [0.3, 0.4) is 0 Å². The third-order valence-corrected chi connectivity index (χ3v) is 2.72. The molecule has 0 spiro atoms. The summed E-state index contributed by atoms with van der Waals surface area (Å²) < 4.78 is 0. The van der Waals surface area contributed by atoms with E-state index in [1.165, 1.54) is 4.90 Å². The number of rotatable bonds is 4. The minimum Gasteiger partial charge on any atom is -0.393 e. The molecule has 15 heavy (non-hydrogen) atoms. The standard InChI is InChI=1S/C11H19NO3/c1-8(13)5-4-6-12-9(14)7-11(2,3)10(12)15/h8,13H,4-7H2,1-3H3. The molecule has 1 aliphatic rings. The molecule has 0 aromatic heterocycles. The lowest BCUT2D eigenvalue weighted by atomic mass is 9.92. The number of hydrogen-bond donors (Lipinski definition) is 1. The third-order valence-electron chi connectivity index (χ3n) is 2.72. The van der Waals surface area contributed by atoms with Crippen LogP contribution >= 0.6 is 0 Å². The first kappa shape index (κ1) is 12.2. The van der Waals surface area contributed by atoms with E-state index in [0.717, 1.165) is 0 Å². The summed E-state index contributed by atoms with van der Waals surface area (Å²) in [5.74, 6) is -0.173. The van der Waals surface area contributed by atoms with Gasteiger partial charge < -0.3 is 5.11 Å². The second-order valence-electron chi connectivity index (χ2n) is 4.90. The molecular weight excluding hydrogens is 194 g/mol. The van der Waals surface area contributed by atoms with Crippen molar-refractivity contribution in [1.82, 2.24) is 4.90 Å². The minimum atomic E-state index is -0.540. The Morgan fingerprint density at radius 2 is 2.07 bits per heavy atom. The second-order valence-corrected chi connectivity index (χ2v) is 4.90. The number of hydrogen-bond acceptors (Lipinski definition) is 3. The molecule has 1 N–H and O–H groups in total. The number of nitrogens with zero attached hydrogens (tertiary/aromatic N) is 1. The van der Waals surface area contributed by atoms with Gasteiger partial charge in [0, 0.05) is 13.0 Å². The van der Waals surface area contributed by atoms with Gasteiger partial charge in [-0.2, -0.15) is 0 Å². The zero-order valence-electron chi connectivity index (χ0n) is 9.62. The summed E-state index contributed by atoms with van der Waals surface area (Å²) >= 11 is 0. The summed E-state index contributed by atoms with van der Waals surface area (Å²) in [4.78, 5) is 24.6. The highest BCUT2D eigenvalue weighted by atomic mass is 16.3. The average molecular weight is 213 g/mol. The largest absolute Gasteiger partial charge is 0.393 e. The number of aliphatic hydroxyl groups is 1. The van der Waals surface area contributed by atoms with E-state index in [9.17, 15) is 9.59 Å². The van der Waals surface area contributed by atoms with Crippen molar-refractivity contribution < 1.29 is 14.7 Å². The molecule has 1 atom stereocenters. The normalized spacial score (nSPS) is 22.3. The van der Waals surface area contributed by atoms with E-state index in [-0.39, 0.29) is 17.9 Å². The van der Waals surface area contributed by atoms with Gasteiger partial charge in [-0.05, 0) is 19.8 Å². The highest BCUT2D eigenvalue weighted by Crippen LogP contribution is 2.31. The van der Waals surface area contributed by atoms with Crippen LogP contribution in [0.5, 0.6) is 0 Å². The highest BCUT2D eigenvalue weighted by molar-refractivity contribution is 6.05. The first-order valence-corrected chi connectivity index (χ1v) is 5.37. The average Bonchev–Trinajstić information content (AvgIpc) is 2.26. The number of carbonyl (C=O) groups is 2. The van der Waals surface area contributed by atoms with E-state index in [2.05, 4.69) is 0 Å². The molecule has 0 bridgehead atoms. The zero-order chi connectivity index (χ0) is 11.6. The fourth-order valence-corrected chi connectivity index (χ4v) is 1.80. The summed E-state index contributed by atoms with van der Waals surface area (Å²) in [6.45, 7) is 5.73. The monoisotopic (exact) mass is 213 g/mol. The van der Waals surface area contributed by atoms with Crippen LogP contribution in [0.4, 0.5) is 0 Å². The zero-order valence-corrected chi connectivity index (χ0v) is 9.62. The minimum absolute atomic E-state index is 0.0851. The first-order valence-electron chi connectivity index (χ1n) is 5.37. The number of imide groups is 1. The van der Waals surface area contributed by atoms with Gasteiger partial charge in [0.05, 0.1) is 11.5 Å². The molecule has 0 radical (unpaired) electrons. The summed E-state index contributed by atoms with van der Waals surface area (Å²) in [6, 6.07) is 0. The molecule has 0 aliphatic carbocycles. The molecule has 1 fully saturated rings. The van der Waals surface area contributed by atoms with Gasteiger partial charge in [-0.15, -0.1) is 0 Å². The molecule has 0 aromatic carbocycles. The van der Waals surface area contributed by atoms with Gasteiger partial charge in [-0.25, -0.2) is 0 Å². The van der Waals surface area contributed by atoms with Crippen LogP contribution in [0.25, 0.3) is 0 Å². The predicted octanol–water partition coefficient (Wildman–Crippen LogP) is 0.933. The van der Waals surface area contributed by atoms with Crippen LogP contribution < -0.4 is 0 Å². The van der Waals surface area contributed by atoms with E-state index in [4.69, 9.17) is 5.11 Å². The lowest BCUT2D eigenvalue weighted by Crippen LogP contribution is -2.34. The SMILES string of the molecule is CC(O)CCCN1C(=O)CC(C)(C)C1=O. The van der Waals surface area contributed by atoms with Crippen molar-refractivity contribution in [1.29, 1.82) is 0 Å². The van der Waals surface area contributed by atoms with Crippen molar-refractivity contribution in [2.75, 3.05) is 6.54 Å². The Kier molecular flexibility index (Phi) is 3.50. The van der Waals surface area contributed by atoms with Gasteiger partial charge in [-0.1, -0.05) is 13.8 Å². The van der Waals surface area contributed by atoms with E-state index >= 15 is 0 Å². The fraction of sp³-hybridized carbons (Fsp3) is 0.818. The molecule has 4 nitrogen and oxygen atoms in total. The van der Waals surface area contributed by atoms with E-state index in [0.29, 0.717) is 25.8 Å². The Morgan fingerprint density at radius 1 is 1.47 bits per heavy atom. The summed E-state index contributed by atoms with van der Waals surface area (Å²) in [7, 11) is 0. The fourth-order valence-electron chi connectivity index (χ4n) is 1.80. The summed E-state index contributed by atoms with van der Waals surface area (Å²) in [5, 5.41) is 9.07. The molecular formula is C11H19NO3. The first-order chi connectivity index (χ1) is 6.84. The van der Waals surface area contributed by atoms with Crippen LogP contribution in [-0.4, -0.2) is 34.5 Å². The molecule has 86 valence electrons. The van der Waals surface area contributed by atoms with Crippen molar-refractivity contribution in [2.45, 2.75) is 46.1 Å². The Morgan fingerprint density at radius 3 is 2.47 bits per heavy atom. The van der Waals surface area contributed by atoms with Gasteiger partial charge in [0.2, 0.25) is 11.8 Å². The molecule has 4 heteroatoms. The topological polar surface area (TPSA) is 57.6 Å². The van der Waals surface area contributed by atoms with Crippen molar-refractivity contribution >= 4 is 11.8 Å². The lowest BCUT2D eigenvalue weighted by Gasteiger charge is -2.17. The second kappa shape index (κ2) is 4.31. The maximum Gasteiger partial charge on any atom is 0.235 e. The van der Waals surface area contributed by atoms with Gasteiger partial charge in [0.1, 0.15) is 0 Å². The number of likely N-dealkylation sites (tertiary alicyclic amines) is 1. The number of amides is 2. The van der Waals surface area contributed by atoms with E-state index in [1.807, 2.05) is 0 Å². The Bertz CT molecular complexity index is 271. The van der Waals surface area contributed by atoms with Crippen LogP contribution in [0.15, 0.2) is 0 Å². The maximum atomic E-state index is 11.8. The van der Waals surface area contributed by atoms with Crippen molar-refractivity contribution in [2.24, 2.45) is 5.41 Å². The van der Waals surface area contributed by atoms with Crippen molar-refractivity contribution in [3.05, 3.63) is 0 Å². The van der Waals surface area contributed by atoms with Gasteiger partial charge in [0.15, 0.2) is 0 Å². The van der Waals surface area contributed by atoms with Crippen LogP contribution in [0.1, 0.15) is 40.0 Å². The van der Waals surface area contributed by atoms with Crippen LogP contribution in [0.2, 0.25) is 0 Å². The van der Waals surface area contributed by atoms with Crippen LogP contribution in [0, 0.1) is 5.41 Å². The molecule has 0 saturated carbocycles. The highest BCUT2D eigenvalue weighted by Gasteiger charge is 2.44. The van der Waals surface area contributed by atoms with Crippen molar-refractivity contribution in [3.8, 4) is 0 Å². The van der Waals surface area contributed by atoms with Gasteiger partial charge in [-0.3, -0.25) is 14.5 Å². The number of aliphatic hydroxyl groups excluding tert-OH is 1. The maximum absolute atomic E-state index is 11.8. The van der Waals surface area contributed by atoms with Gasteiger partial charge in [0.25, 0.3) is 0 Å². The molecule has 1 rings (SSSR count).